The third-order valence-electron chi connectivity index (χ3n) is 5.28. The molecule has 3 aromatic carbocycles. The van der Waals surface area contributed by atoms with Gasteiger partial charge in [0, 0.05) is 18.8 Å². The summed E-state index contributed by atoms with van der Waals surface area (Å²) >= 11 is 0. The van der Waals surface area contributed by atoms with E-state index in [4.69, 9.17) is 0 Å². The van der Waals surface area contributed by atoms with Crippen molar-refractivity contribution in [1.82, 2.24) is 4.31 Å². The Bertz CT molecular complexity index is 1410. The number of nitrogens with zero attached hydrogens (tertiary/aromatic N) is 2. The van der Waals surface area contributed by atoms with Crippen molar-refractivity contribution < 1.29 is 30.4 Å². The Kier molecular flexibility index (Phi) is 8.43. The number of amides is 1. The van der Waals surface area contributed by atoms with E-state index in [0.29, 0.717) is 13.1 Å². The highest BCUT2D eigenvalue weighted by Gasteiger charge is 2.28. The Balaban J connectivity index is 1.85. The van der Waals surface area contributed by atoms with Crippen molar-refractivity contribution in [3.05, 3.63) is 84.4 Å². The van der Waals surface area contributed by atoms with Gasteiger partial charge in [-0.2, -0.15) is 4.31 Å². The number of benzene rings is 3. The number of rotatable bonds is 10. The third kappa shape index (κ3) is 6.07. The standard InChI is InChI=1S/C24H25F2N3O5S2/c1-3-28(4-2)35(31,32)22-15-9-20(10-16-22)27-24(30)17-29(21-11-5-18(25)6-12-21)36(33,34)23-13-7-19(26)8-14-23/h5-16H,3-4,17H2,1-2H3,(H,27,30). The zero-order valence-electron chi connectivity index (χ0n) is 19.6. The molecule has 0 unspecified atom stereocenters. The summed E-state index contributed by atoms with van der Waals surface area (Å²) in [6.45, 7) is 3.38. The molecule has 0 spiro atoms. The average Bonchev–Trinajstić information content (AvgIpc) is 2.84. The molecule has 192 valence electrons. The molecule has 1 amide bonds. The second-order valence-electron chi connectivity index (χ2n) is 7.60. The number of hydrogen-bond donors (Lipinski definition) is 1. The lowest BCUT2D eigenvalue weighted by Crippen LogP contribution is -2.38. The lowest BCUT2D eigenvalue weighted by molar-refractivity contribution is -0.114. The van der Waals surface area contributed by atoms with Crippen molar-refractivity contribution in [2.45, 2.75) is 23.6 Å². The third-order valence-corrected chi connectivity index (χ3v) is 9.14. The molecule has 0 atom stereocenters. The lowest BCUT2D eigenvalue weighted by Gasteiger charge is -2.24. The van der Waals surface area contributed by atoms with E-state index in [1.807, 2.05) is 0 Å². The van der Waals surface area contributed by atoms with E-state index in [2.05, 4.69) is 5.32 Å². The van der Waals surface area contributed by atoms with Crippen LogP contribution in [-0.4, -0.2) is 46.7 Å². The maximum Gasteiger partial charge on any atom is 0.264 e. The summed E-state index contributed by atoms with van der Waals surface area (Å²) in [5.74, 6) is -1.96. The van der Waals surface area contributed by atoms with Gasteiger partial charge >= 0.3 is 0 Å². The van der Waals surface area contributed by atoms with E-state index in [1.54, 1.807) is 13.8 Å². The molecule has 12 heteroatoms. The molecule has 0 aliphatic heterocycles. The second kappa shape index (κ2) is 11.1. The monoisotopic (exact) mass is 537 g/mol. The van der Waals surface area contributed by atoms with Gasteiger partial charge in [0.2, 0.25) is 15.9 Å². The van der Waals surface area contributed by atoms with Crippen molar-refractivity contribution in [2.75, 3.05) is 29.3 Å². The van der Waals surface area contributed by atoms with Crippen LogP contribution in [0.1, 0.15) is 13.8 Å². The number of carbonyl (C=O) groups is 1. The summed E-state index contributed by atoms with van der Waals surface area (Å²) in [7, 11) is -8.00. The zero-order chi connectivity index (χ0) is 26.5. The quantitative estimate of drug-likeness (QED) is 0.423. The number of hydrogen-bond acceptors (Lipinski definition) is 5. The summed E-state index contributed by atoms with van der Waals surface area (Å²) in [6, 6.07) is 14.1. The summed E-state index contributed by atoms with van der Waals surface area (Å²) in [5.41, 5.74) is 0.272. The minimum Gasteiger partial charge on any atom is -0.325 e. The van der Waals surface area contributed by atoms with Gasteiger partial charge in [-0.05, 0) is 72.8 Å². The SMILES string of the molecule is CCN(CC)S(=O)(=O)c1ccc(NC(=O)CN(c2ccc(F)cc2)S(=O)(=O)c2ccc(F)cc2)cc1. The molecule has 3 rings (SSSR count). The molecule has 8 nitrogen and oxygen atoms in total. The van der Waals surface area contributed by atoms with Gasteiger partial charge in [-0.25, -0.2) is 25.6 Å². The average molecular weight is 538 g/mol. The molecule has 3 aromatic rings. The highest BCUT2D eigenvalue weighted by atomic mass is 32.2. The summed E-state index contributed by atoms with van der Waals surface area (Å²) in [4.78, 5) is 12.6. The van der Waals surface area contributed by atoms with Gasteiger partial charge in [-0.1, -0.05) is 13.8 Å². The summed E-state index contributed by atoms with van der Waals surface area (Å²) in [5, 5.41) is 2.53. The second-order valence-corrected chi connectivity index (χ2v) is 11.4. The van der Waals surface area contributed by atoms with Gasteiger partial charge in [0.25, 0.3) is 10.0 Å². The molecular formula is C24H25F2N3O5S2. The van der Waals surface area contributed by atoms with Gasteiger partial charge < -0.3 is 5.32 Å². The van der Waals surface area contributed by atoms with Crippen LogP contribution in [-0.2, 0) is 24.8 Å². The van der Waals surface area contributed by atoms with E-state index >= 15 is 0 Å². The molecule has 0 aromatic heterocycles. The first-order valence-corrected chi connectivity index (χ1v) is 13.8. The van der Waals surface area contributed by atoms with Crippen LogP contribution in [0.3, 0.4) is 0 Å². The summed E-state index contributed by atoms with van der Waals surface area (Å²) in [6.07, 6.45) is 0. The van der Waals surface area contributed by atoms with Crippen LogP contribution in [0.4, 0.5) is 20.2 Å². The molecule has 1 N–H and O–H groups in total. The zero-order valence-corrected chi connectivity index (χ0v) is 21.2. The fourth-order valence-electron chi connectivity index (χ4n) is 3.41. The maximum atomic E-state index is 13.4. The van der Waals surface area contributed by atoms with Crippen molar-refractivity contribution in [3.63, 3.8) is 0 Å². The van der Waals surface area contributed by atoms with Crippen LogP contribution in [0, 0.1) is 11.6 Å². The number of halogens is 2. The van der Waals surface area contributed by atoms with Gasteiger partial charge in [-0.3, -0.25) is 9.10 Å². The Morgan fingerprint density at radius 1 is 0.722 bits per heavy atom. The minimum atomic E-state index is -4.31. The topological polar surface area (TPSA) is 104 Å². The largest absolute Gasteiger partial charge is 0.325 e. The molecular weight excluding hydrogens is 512 g/mol. The fourth-order valence-corrected chi connectivity index (χ4v) is 6.29. The highest BCUT2D eigenvalue weighted by molar-refractivity contribution is 7.92. The van der Waals surface area contributed by atoms with Crippen LogP contribution in [0.5, 0.6) is 0 Å². The number of carbonyl (C=O) groups excluding carboxylic acids is 1. The normalized spacial score (nSPS) is 11.9. The van der Waals surface area contributed by atoms with Crippen LogP contribution in [0.25, 0.3) is 0 Å². The molecule has 0 aliphatic rings. The first kappa shape index (κ1) is 27.2. The molecule has 0 fully saturated rings. The number of sulfonamides is 2. The molecule has 0 heterocycles. The minimum absolute atomic E-state index is 0.0246. The highest BCUT2D eigenvalue weighted by Crippen LogP contribution is 2.25. The van der Waals surface area contributed by atoms with Gasteiger partial charge in [0.05, 0.1) is 15.5 Å². The van der Waals surface area contributed by atoms with Gasteiger partial charge in [0.15, 0.2) is 0 Å². The van der Waals surface area contributed by atoms with E-state index in [9.17, 15) is 30.4 Å². The fraction of sp³-hybridized carbons (Fsp3) is 0.208. The van der Waals surface area contributed by atoms with Crippen LogP contribution < -0.4 is 9.62 Å². The number of nitrogens with one attached hydrogen (secondary N) is 1. The maximum absolute atomic E-state index is 13.4. The van der Waals surface area contributed by atoms with Crippen molar-refractivity contribution >= 4 is 37.3 Å². The first-order valence-electron chi connectivity index (χ1n) is 10.9. The van der Waals surface area contributed by atoms with E-state index < -0.39 is 44.1 Å². The van der Waals surface area contributed by atoms with E-state index in [1.165, 1.54) is 40.7 Å². The predicted molar refractivity (Wildman–Crippen MR) is 133 cm³/mol. The van der Waals surface area contributed by atoms with Crippen molar-refractivity contribution in [1.29, 1.82) is 0 Å². The van der Waals surface area contributed by atoms with Gasteiger partial charge in [0.1, 0.15) is 18.2 Å². The summed E-state index contributed by atoms with van der Waals surface area (Å²) < 4.78 is 80.6. The lowest BCUT2D eigenvalue weighted by atomic mass is 10.3. The molecule has 36 heavy (non-hydrogen) atoms. The Morgan fingerprint density at radius 2 is 1.17 bits per heavy atom. The van der Waals surface area contributed by atoms with Crippen LogP contribution in [0.2, 0.25) is 0 Å². The molecule has 0 saturated heterocycles. The Labute approximate surface area is 209 Å². The van der Waals surface area contributed by atoms with Crippen LogP contribution >= 0.6 is 0 Å². The van der Waals surface area contributed by atoms with E-state index in [-0.39, 0.29) is 21.2 Å². The van der Waals surface area contributed by atoms with Crippen molar-refractivity contribution in [3.8, 4) is 0 Å². The number of anilines is 2. The molecule has 0 bridgehead atoms. The molecule has 0 saturated carbocycles. The molecule has 0 aliphatic carbocycles. The molecule has 0 radical (unpaired) electrons. The first-order chi connectivity index (χ1) is 17.0. The van der Waals surface area contributed by atoms with Crippen LogP contribution in [0.15, 0.2) is 82.6 Å². The smallest absolute Gasteiger partial charge is 0.264 e. The Hall–Kier alpha value is -3.35. The predicted octanol–water partition coefficient (Wildman–Crippen LogP) is 3.83. The van der Waals surface area contributed by atoms with Gasteiger partial charge in [-0.15, -0.1) is 0 Å². The van der Waals surface area contributed by atoms with Crippen molar-refractivity contribution in [2.24, 2.45) is 0 Å². The Morgan fingerprint density at radius 3 is 1.67 bits per heavy atom. The van der Waals surface area contributed by atoms with E-state index in [0.717, 1.165) is 40.7 Å².